The summed E-state index contributed by atoms with van der Waals surface area (Å²) in [4.78, 5) is 10.7. The standard InChI is InChI=1S/C12H17NO4/c14-7-6-13-10(8-11(15)16)12(17)9-4-2-1-3-5-9/h1-5,10,12-14,17H,6-8H2,(H,15,16). The van der Waals surface area contributed by atoms with Gasteiger partial charge < -0.3 is 20.6 Å². The molecule has 94 valence electrons. The molecule has 0 spiro atoms. The average Bonchev–Trinajstić information content (AvgIpc) is 2.34. The van der Waals surface area contributed by atoms with Crippen molar-refractivity contribution in [1.29, 1.82) is 0 Å². The average molecular weight is 239 g/mol. The van der Waals surface area contributed by atoms with Crippen LogP contribution in [0.4, 0.5) is 0 Å². The highest BCUT2D eigenvalue weighted by atomic mass is 16.4. The summed E-state index contributed by atoms with van der Waals surface area (Å²) in [5.74, 6) is -0.990. The summed E-state index contributed by atoms with van der Waals surface area (Å²) >= 11 is 0. The monoisotopic (exact) mass is 239 g/mol. The van der Waals surface area contributed by atoms with Crippen LogP contribution in [0.1, 0.15) is 18.1 Å². The van der Waals surface area contributed by atoms with Crippen molar-refractivity contribution >= 4 is 5.97 Å². The number of carbonyl (C=O) groups is 1. The fraction of sp³-hybridized carbons (Fsp3) is 0.417. The van der Waals surface area contributed by atoms with Gasteiger partial charge in [0.15, 0.2) is 0 Å². The zero-order valence-electron chi connectivity index (χ0n) is 9.41. The SMILES string of the molecule is O=C(O)CC(NCCO)C(O)c1ccccc1. The summed E-state index contributed by atoms with van der Waals surface area (Å²) < 4.78 is 0. The molecular weight excluding hydrogens is 222 g/mol. The molecule has 2 atom stereocenters. The van der Waals surface area contributed by atoms with E-state index in [9.17, 15) is 9.90 Å². The number of aliphatic carboxylic acids is 1. The lowest BCUT2D eigenvalue weighted by Crippen LogP contribution is -2.38. The molecule has 0 amide bonds. The van der Waals surface area contributed by atoms with E-state index in [2.05, 4.69) is 5.32 Å². The molecule has 0 aliphatic carbocycles. The predicted molar refractivity (Wildman–Crippen MR) is 62.5 cm³/mol. The van der Waals surface area contributed by atoms with E-state index in [0.717, 1.165) is 0 Å². The van der Waals surface area contributed by atoms with E-state index in [-0.39, 0.29) is 19.6 Å². The van der Waals surface area contributed by atoms with Gasteiger partial charge in [-0.3, -0.25) is 4.79 Å². The second kappa shape index (κ2) is 7.01. The van der Waals surface area contributed by atoms with Crippen molar-refractivity contribution < 1.29 is 20.1 Å². The smallest absolute Gasteiger partial charge is 0.305 e. The molecule has 1 rings (SSSR count). The number of hydrogen-bond donors (Lipinski definition) is 4. The number of carboxylic acids is 1. The number of nitrogens with one attached hydrogen (secondary N) is 1. The maximum absolute atomic E-state index is 10.7. The van der Waals surface area contributed by atoms with E-state index >= 15 is 0 Å². The van der Waals surface area contributed by atoms with Gasteiger partial charge in [-0.05, 0) is 5.56 Å². The molecule has 4 N–H and O–H groups in total. The Bertz CT molecular complexity index is 342. The van der Waals surface area contributed by atoms with Crippen LogP contribution < -0.4 is 5.32 Å². The summed E-state index contributed by atoms with van der Waals surface area (Å²) in [5.41, 5.74) is 0.657. The first-order valence-corrected chi connectivity index (χ1v) is 5.44. The number of rotatable bonds is 7. The van der Waals surface area contributed by atoms with Crippen molar-refractivity contribution in [3.63, 3.8) is 0 Å². The van der Waals surface area contributed by atoms with Crippen LogP contribution in [0.25, 0.3) is 0 Å². The highest BCUT2D eigenvalue weighted by molar-refractivity contribution is 5.67. The summed E-state index contributed by atoms with van der Waals surface area (Å²) in [6, 6.07) is 8.25. The van der Waals surface area contributed by atoms with Crippen LogP contribution >= 0.6 is 0 Å². The molecule has 0 aliphatic rings. The van der Waals surface area contributed by atoms with Gasteiger partial charge in [-0.2, -0.15) is 0 Å². The molecule has 0 bridgehead atoms. The summed E-state index contributed by atoms with van der Waals surface area (Å²) in [7, 11) is 0. The Balaban J connectivity index is 2.71. The van der Waals surface area contributed by atoms with Gasteiger partial charge >= 0.3 is 5.97 Å². The largest absolute Gasteiger partial charge is 0.481 e. The van der Waals surface area contributed by atoms with Crippen molar-refractivity contribution in [3.8, 4) is 0 Å². The van der Waals surface area contributed by atoms with Crippen molar-refractivity contribution in [2.45, 2.75) is 18.6 Å². The quantitative estimate of drug-likeness (QED) is 0.543. The van der Waals surface area contributed by atoms with Crippen LogP contribution in [0.15, 0.2) is 30.3 Å². The Morgan fingerprint density at radius 3 is 2.47 bits per heavy atom. The Labute approximate surface area is 99.7 Å². The Kier molecular flexibility index (Phi) is 5.62. The van der Waals surface area contributed by atoms with E-state index in [4.69, 9.17) is 10.2 Å². The highest BCUT2D eigenvalue weighted by Gasteiger charge is 2.22. The maximum atomic E-state index is 10.7. The van der Waals surface area contributed by atoms with Crippen LogP contribution in [-0.2, 0) is 4.79 Å². The molecule has 0 fully saturated rings. The molecular formula is C12H17NO4. The van der Waals surface area contributed by atoms with Gasteiger partial charge in [-0.25, -0.2) is 0 Å². The van der Waals surface area contributed by atoms with Gasteiger partial charge in [0.2, 0.25) is 0 Å². The molecule has 0 heterocycles. The van der Waals surface area contributed by atoms with Gasteiger partial charge in [0.05, 0.1) is 19.1 Å². The van der Waals surface area contributed by atoms with Crippen LogP contribution in [0.3, 0.4) is 0 Å². The molecule has 0 aromatic heterocycles. The molecule has 0 radical (unpaired) electrons. The minimum atomic E-state index is -0.990. The maximum Gasteiger partial charge on any atom is 0.305 e. The number of aliphatic hydroxyl groups excluding tert-OH is 2. The first-order valence-electron chi connectivity index (χ1n) is 5.44. The van der Waals surface area contributed by atoms with Crippen LogP contribution in [0, 0.1) is 0 Å². The second-order valence-corrected chi connectivity index (χ2v) is 3.74. The summed E-state index contributed by atoms with van der Waals surface area (Å²) in [5, 5.41) is 30.3. The lowest BCUT2D eigenvalue weighted by atomic mass is 10.00. The third-order valence-corrected chi connectivity index (χ3v) is 2.44. The van der Waals surface area contributed by atoms with Crippen molar-refractivity contribution in [2.75, 3.05) is 13.2 Å². The highest BCUT2D eigenvalue weighted by Crippen LogP contribution is 2.18. The van der Waals surface area contributed by atoms with Crippen LogP contribution in [0.2, 0.25) is 0 Å². The Morgan fingerprint density at radius 1 is 1.29 bits per heavy atom. The van der Waals surface area contributed by atoms with Gasteiger partial charge in [0.1, 0.15) is 0 Å². The van der Waals surface area contributed by atoms with Crippen molar-refractivity contribution in [2.24, 2.45) is 0 Å². The fourth-order valence-corrected chi connectivity index (χ4v) is 1.62. The molecule has 0 saturated heterocycles. The van der Waals surface area contributed by atoms with Gasteiger partial charge in [0.25, 0.3) is 0 Å². The topological polar surface area (TPSA) is 89.8 Å². The van der Waals surface area contributed by atoms with Crippen molar-refractivity contribution in [1.82, 2.24) is 5.32 Å². The minimum Gasteiger partial charge on any atom is -0.481 e. The van der Waals surface area contributed by atoms with E-state index in [1.54, 1.807) is 24.3 Å². The molecule has 17 heavy (non-hydrogen) atoms. The third kappa shape index (κ3) is 4.52. The second-order valence-electron chi connectivity index (χ2n) is 3.74. The van der Waals surface area contributed by atoms with E-state index in [1.165, 1.54) is 0 Å². The lowest BCUT2D eigenvalue weighted by Gasteiger charge is -2.22. The predicted octanol–water partition coefficient (Wildman–Crippen LogP) is 0.145. The Hall–Kier alpha value is -1.43. The number of hydrogen-bond acceptors (Lipinski definition) is 4. The van der Waals surface area contributed by atoms with E-state index in [0.29, 0.717) is 5.56 Å². The van der Waals surface area contributed by atoms with Crippen LogP contribution in [-0.4, -0.2) is 40.5 Å². The van der Waals surface area contributed by atoms with Gasteiger partial charge in [0, 0.05) is 12.6 Å². The molecule has 5 nitrogen and oxygen atoms in total. The van der Waals surface area contributed by atoms with Crippen molar-refractivity contribution in [3.05, 3.63) is 35.9 Å². The van der Waals surface area contributed by atoms with E-state index in [1.807, 2.05) is 6.07 Å². The van der Waals surface area contributed by atoms with Gasteiger partial charge in [-0.1, -0.05) is 30.3 Å². The fourth-order valence-electron chi connectivity index (χ4n) is 1.62. The molecule has 0 aliphatic heterocycles. The minimum absolute atomic E-state index is 0.0996. The summed E-state index contributed by atoms with van der Waals surface area (Å²) in [6.45, 7) is 0.152. The summed E-state index contributed by atoms with van der Waals surface area (Å²) in [6.07, 6.45) is -1.10. The Morgan fingerprint density at radius 2 is 1.94 bits per heavy atom. The van der Waals surface area contributed by atoms with Gasteiger partial charge in [-0.15, -0.1) is 0 Å². The van der Waals surface area contributed by atoms with Crippen LogP contribution in [0.5, 0.6) is 0 Å². The number of aliphatic hydroxyl groups is 2. The molecule has 1 aromatic carbocycles. The lowest BCUT2D eigenvalue weighted by molar-refractivity contribution is -0.138. The molecule has 1 aromatic rings. The number of carboxylic acid groups (broad SMARTS) is 1. The first-order chi connectivity index (χ1) is 8.15. The zero-order valence-corrected chi connectivity index (χ0v) is 9.41. The first kappa shape index (κ1) is 13.6. The number of benzene rings is 1. The molecule has 0 saturated carbocycles. The molecule has 2 unspecified atom stereocenters. The zero-order chi connectivity index (χ0) is 12.7. The van der Waals surface area contributed by atoms with E-state index < -0.39 is 18.1 Å². The normalized spacial score (nSPS) is 14.2. The molecule has 5 heteroatoms. The third-order valence-electron chi connectivity index (χ3n) is 2.44.